The first kappa shape index (κ1) is 15.4. The minimum Gasteiger partial charge on any atom is -0.490 e. The van der Waals surface area contributed by atoms with Crippen LogP contribution >= 0.6 is 0 Å². The third kappa shape index (κ3) is 4.03. The average Bonchev–Trinajstić information content (AvgIpc) is 2.79. The van der Waals surface area contributed by atoms with Gasteiger partial charge in [-0.05, 0) is 43.2 Å². The molecule has 0 atom stereocenters. The first-order valence-electron chi connectivity index (χ1n) is 7.96. The fourth-order valence-electron chi connectivity index (χ4n) is 2.57. The quantitative estimate of drug-likeness (QED) is 0.943. The van der Waals surface area contributed by atoms with E-state index in [1.54, 1.807) is 0 Å². The van der Waals surface area contributed by atoms with E-state index in [1.807, 2.05) is 49.4 Å². The number of hydrogen-bond acceptors (Lipinski definition) is 3. The second-order valence-corrected chi connectivity index (χ2v) is 5.71. The van der Waals surface area contributed by atoms with Gasteiger partial charge in [0.05, 0.1) is 13.2 Å². The van der Waals surface area contributed by atoms with Crippen LogP contribution in [0.4, 0.5) is 0 Å². The number of fused-ring (bicyclic) bond motifs is 1. The predicted octanol–water partition coefficient (Wildman–Crippen LogP) is 3.13. The van der Waals surface area contributed by atoms with Crippen LogP contribution in [0.1, 0.15) is 27.9 Å². The minimum absolute atomic E-state index is 0.0388. The highest BCUT2D eigenvalue weighted by atomic mass is 16.5. The summed E-state index contributed by atoms with van der Waals surface area (Å²) >= 11 is 0. The molecule has 0 bridgehead atoms. The highest BCUT2D eigenvalue weighted by Gasteiger charge is 2.11. The zero-order valence-corrected chi connectivity index (χ0v) is 13.3. The zero-order valence-electron chi connectivity index (χ0n) is 13.3. The van der Waals surface area contributed by atoms with E-state index in [0.717, 1.165) is 35.5 Å². The van der Waals surface area contributed by atoms with Gasteiger partial charge >= 0.3 is 0 Å². The van der Waals surface area contributed by atoms with E-state index >= 15 is 0 Å². The van der Waals surface area contributed by atoms with Crippen LogP contribution in [0.25, 0.3) is 0 Å². The number of nitrogens with one attached hydrogen (secondary N) is 1. The number of aryl methyl sites for hydroxylation is 1. The van der Waals surface area contributed by atoms with Crippen LogP contribution in [-0.2, 0) is 6.42 Å². The lowest BCUT2D eigenvalue weighted by Gasteiger charge is -2.10. The molecule has 2 aromatic rings. The molecule has 1 amide bonds. The largest absolute Gasteiger partial charge is 0.490 e. The van der Waals surface area contributed by atoms with Crippen molar-refractivity contribution in [2.24, 2.45) is 0 Å². The Morgan fingerprint density at radius 1 is 1.09 bits per heavy atom. The molecule has 0 spiro atoms. The Labute approximate surface area is 136 Å². The molecule has 4 nitrogen and oxygen atoms in total. The molecule has 0 unspecified atom stereocenters. The third-order valence-corrected chi connectivity index (χ3v) is 3.79. The number of benzene rings is 2. The number of rotatable bonds is 4. The fourth-order valence-corrected chi connectivity index (χ4v) is 2.57. The molecule has 0 fully saturated rings. The normalized spacial score (nSPS) is 13.3. The van der Waals surface area contributed by atoms with Crippen molar-refractivity contribution in [2.45, 2.75) is 19.8 Å². The van der Waals surface area contributed by atoms with Gasteiger partial charge in [0.1, 0.15) is 0 Å². The van der Waals surface area contributed by atoms with Gasteiger partial charge < -0.3 is 14.8 Å². The maximum atomic E-state index is 12.1. The van der Waals surface area contributed by atoms with Gasteiger partial charge in [-0.3, -0.25) is 4.79 Å². The minimum atomic E-state index is -0.0388. The Morgan fingerprint density at radius 3 is 2.74 bits per heavy atom. The maximum Gasteiger partial charge on any atom is 0.251 e. The second kappa shape index (κ2) is 7.18. The molecule has 1 aliphatic rings. The van der Waals surface area contributed by atoms with Crippen molar-refractivity contribution in [2.75, 3.05) is 19.8 Å². The molecule has 120 valence electrons. The number of amides is 1. The monoisotopic (exact) mass is 311 g/mol. The topological polar surface area (TPSA) is 47.6 Å². The lowest BCUT2D eigenvalue weighted by atomic mass is 10.1. The Balaban J connectivity index is 1.56. The van der Waals surface area contributed by atoms with Crippen LogP contribution < -0.4 is 14.8 Å². The fraction of sp³-hybridized carbons (Fsp3) is 0.316. The van der Waals surface area contributed by atoms with E-state index in [0.29, 0.717) is 25.3 Å². The summed E-state index contributed by atoms with van der Waals surface area (Å²) in [5.41, 5.74) is 2.91. The number of hydrogen-bond donors (Lipinski definition) is 1. The summed E-state index contributed by atoms with van der Waals surface area (Å²) < 4.78 is 11.3. The highest BCUT2D eigenvalue weighted by molar-refractivity contribution is 5.94. The SMILES string of the molecule is Cc1cccc(C(=O)NCCc2ccc3c(c2)OCCCO3)c1. The molecule has 1 N–H and O–H groups in total. The molecule has 4 heteroatoms. The van der Waals surface area contributed by atoms with Gasteiger partial charge in [-0.2, -0.15) is 0 Å². The lowest BCUT2D eigenvalue weighted by molar-refractivity contribution is 0.0954. The van der Waals surface area contributed by atoms with Crippen LogP contribution in [0.2, 0.25) is 0 Å². The third-order valence-electron chi connectivity index (χ3n) is 3.79. The van der Waals surface area contributed by atoms with E-state index in [2.05, 4.69) is 5.32 Å². The van der Waals surface area contributed by atoms with Crippen molar-refractivity contribution in [1.29, 1.82) is 0 Å². The standard InChI is InChI=1S/C19H21NO3/c1-14-4-2-5-16(12-14)19(21)20-9-8-15-6-7-17-18(13-15)23-11-3-10-22-17/h2,4-7,12-13H,3,8-11H2,1H3,(H,20,21). The number of ether oxygens (including phenoxy) is 2. The van der Waals surface area contributed by atoms with Crippen molar-refractivity contribution in [3.63, 3.8) is 0 Å². The van der Waals surface area contributed by atoms with E-state index in [1.165, 1.54) is 0 Å². The summed E-state index contributed by atoms with van der Waals surface area (Å²) in [7, 11) is 0. The molecule has 0 radical (unpaired) electrons. The molecule has 3 rings (SSSR count). The van der Waals surface area contributed by atoms with E-state index in [9.17, 15) is 4.79 Å². The maximum absolute atomic E-state index is 12.1. The summed E-state index contributed by atoms with van der Waals surface area (Å²) in [6.45, 7) is 3.94. The van der Waals surface area contributed by atoms with Gasteiger partial charge in [0, 0.05) is 18.5 Å². The van der Waals surface area contributed by atoms with Gasteiger partial charge in [-0.1, -0.05) is 23.8 Å². The Bertz CT molecular complexity index is 697. The van der Waals surface area contributed by atoms with Crippen molar-refractivity contribution in [1.82, 2.24) is 5.32 Å². The first-order chi connectivity index (χ1) is 11.2. The first-order valence-corrected chi connectivity index (χ1v) is 7.96. The molecule has 23 heavy (non-hydrogen) atoms. The summed E-state index contributed by atoms with van der Waals surface area (Å²) in [5, 5.41) is 2.96. The molecule has 0 saturated carbocycles. The predicted molar refractivity (Wildman–Crippen MR) is 89.3 cm³/mol. The molecule has 2 aromatic carbocycles. The average molecular weight is 311 g/mol. The smallest absolute Gasteiger partial charge is 0.251 e. The zero-order chi connectivity index (χ0) is 16.1. The van der Waals surface area contributed by atoms with Crippen LogP contribution in [-0.4, -0.2) is 25.7 Å². The molecule has 1 aliphatic heterocycles. The number of carbonyl (C=O) groups is 1. The Morgan fingerprint density at radius 2 is 1.91 bits per heavy atom. The van der Waals surface area contributed by atoms with Gasteiger partial charge in [0.2, 0.25) is 0 Å². The van der Waals surface area contributed by atoms with Crippen LogP contribution in [0, 0.1) is 6.92 Å². The van der Waals surface area contributed by atoms with Crippen molar-refractivity contribution >= 4 is 5.91 Å². The molecule has 0 aliphatic carbocycles. The summed E-state index contributed by atoms with van der Waals surface area (Å²) in [5.74, 6) is 1.56. The van der Waals surface area contributed by atoms with E-state index < -0.39 is 0 Å². The van der Waals surface area contributed by atoms with Crippen molar-refractivity contribution in [3.8, 4) is 11.5 Å². The number of carbonyl (C=O) groups excluding carboxylic acids is 1. The molecule has 1 heterocycles. The van der Waals surface area contributed by atoms with Gasteiger partial charge in [-0.25, -0.2) is 0 Å². The molecular formula is C19H21NO3. The summed E-state index contributed by atoms with van der Waals surface area (Å²) in [6.07, 6.45) is 1.66. The van der Waals surface area contributed by atoms with Crippen LogP contribution in [0.5, 0.6) is 11.5 Å². The van der Waals surface area contributed by atoms with Gasteiger partial charge in [-0.15, -0.1) is 0 Å². The van der Waals surface area contributed by atoms with Gasteiger partial charge in [0.15, 0.2) is 11.5 Å². The highest BCUT2D eigenvalue weighted by Crippen LogP contribution is 2.30. The van der Waals surface area contributed by atoms with Crippen molar-refractivity contribution < 1.29 is 14.3 Å². The van der Waals surface area contributed by atoms with Crippen LogP contribution in [0.15, 0.2) is 42.5 Å². The molecular weight excluding hydrogens is 290 g/mol. The molecule has 0 aromatic heterocycles. The summed E-state index contributed by atoms with van der Waals surface area (Å²) in [4.78, 5) is 12.1. The summed E-state index contributed by atoms with van der Waals surface area (Å²) in [6, 6.07) is 13.6. The lowest BCUT2D eigenvalue weighted by Crippen LogP contribution is -2.25. The van der Waals surface area contributed by atoms with Crippen molar-refractivity contribution in [3.05, 3.63) is 59.2 Å². The van der Waals surface area contributed by atoms with E-state index in [4.69, 9.17) is 9.47 Å². The van der Waals surface area contributed by atoms with Crippen LogP contribution in [0.3, 0.4) is 0 Å². The van der Waals surface area contributed by atoms with E-state index in [-0.39, 0.29) is 5.91 Å². The molecule has 0 saturated heterocycles. The van der Waals surface area contributed by atoms with Gasteiger partial charge in [0.25, 0.3) is 5.91 Å². The Kier molecular flexibility index (Phi) is 4.81. The second-order valence-electron chi connectivity index (χ2n) is 5.71. The Hall–Kier alpha value is -2.49.